The summed E-state index contributed by atoms with van der Waals surface area (Å²) >= 11 is 0. The molecular formula is C27H28N4O2. The zero-order chi connectivity index (χ0) is 23.2. The molecule has 0 unspecified atom stereocenters. The molecule has 0 saturated carbocycles. The van der Waals surface area contributed by atoms with Crippen LogP contribution < -0.4 is 21.7 Å². The molecule has 0 radical (unpaired) electrons. The Morgan fingerprint density at radius 2 is 1.73 bits per heavy atom. The molecule has 168 valence electrons. The van der Waals surface area contributed by atoms with Crippen LogP contribution >= 0.6 is 0 Å². The van der Waals surface area contributed by atoms with E-state index in [4.69, 9.17) is 5.73 Å². The molecule has 6 nitrogen and oxygen atoms in total. The lowest BCUT2D eigenvalue weighted by Crippen LogP contribution is -2.24. The minimum Gasteiger partial charge on any atom is -0.354 e. The third-order valence-electron chi connectivity index (χ3n) is 5.61. The Morgan fingerprint density at radius 1 is 0.970 bits per heavy atom. The number of carbonyl (C=O) groups is 2. The van der Waals surface area contributed by atoms with Crippen molar-refractivity contribution in [1.82, 2.24) is 5.32 Å². The first kappa shape index (κ1) is 22.3. The summed E-state index contributed by atoms with van der Waals surface area (Å²) in [6.07, 6.45) is 1.93. The summed E-state index contributed by atoms with van der Waals surface area (Å²) in [5.41, 5.74) is 11.6. The Hall–Kier alpha value is -3.90. The SMILES string of the molecule is CCCCNC(=O)c1ccc2c(c1)C(=C(Nc1ccc(CN)cc1)c1ccccc1)C(=O)N2. The second kappa shape index (κ2) is 10.1. The second-order valence-corrected chi connectivity index (χ2v) is 7.97. The summed E-state index contributed by atoms with van der Waals surface area (Å²) in [5, 5.41) is 9.31. The van der Waals surface area contributed by atoms with Crippen LogP contribution in [0.15, 0.2) is 72.8 Å². The molecule has 0 saturated heterocycles. The fraction of sp³-hybridized carbons (Fsp3) is 0.185. The van der Waals surface area contributed by atoms with E-state index in [1.165, 1.54) is 0 Å². The number of benzene rings is 3. The Bertz CT molecular complexity index is 1180. The van der Waals surface area contributed by atoms with Crippen molar-refractivity contribution >= 4 is 34.5 Å². The minimum absolute atomic E-state index is 0.142. The third kappa shape index (κ3) is 4.96. The van der Waals surface area contributed by atoms with E-state index < -0.39 is 0 Å². The molecule has 33 heavy (non-hydrogen) atoms. The predicted molar refractivity (Wildman–Crippen MR) is 134 cm³/mol. The van der Waals surface area contributed by atoms with Crippen molar-refractivity contribution < 1.29 is 9.59 Å². The quantitative estimate of drug-likeness (QED) is 0.304. The van der Waals surface area contributed by atoms with Crippen molar-refractivity contribution in [1.29, 1.82) is 0 Å². The van der Waals surface area contributed by atoms with E-state index in [0.717, 1.165) is 29.7 Å². The summed E-state index contributed by atoms with van der Waals surface area (Å²) in [6, 6.07) is 22.8. The van der Waals surface area contributed by atoms with E-state index in [2.05, 4.69) is 22.9 Å². The monoisotopic (exact) mass is 440 g/mol. The van der Waals surface area contributed by atoms with E-state index in [9.17, 15) is 9.59 Å². The normalized spacial score (nSPS) is 13.8. The number of carbonyl (C=O) groups excluding carboxylic acids is 2. The number of nitrogens with one attached hydrogen (secondary N) is 3. The molecule has 6 heteroatoms. The zero-order valence-electron chi connectivity index (χ0n) is 18.7. The second-order valence-electron chi connectivity index (χ2n) is 7.97. The smallest absolute Gasteiger partial charge is 0.258 e. The van der Waals surface area contributed by atoms with Crippen molar-refractivity contribution in [3.05, 3.63) is 95.1 Å². The molecule has 0 aliphatic carbocycles. The van der Waals surface area contributed by atoms with Gasteiger partial charge in [-0.2, -0.15) is 0 Å². The minimum atomic E-state index is -0.210. The average molecular weight is 441 g/mol. The number of unbranched alkanes of at least 4 members (excludes halogenated alkanes) is 1. The lowest BCUT2D eigenvalue weighted by Gasteiger charge is -2.15. The summed E-state index contributed by atoms with van der Waals surface area (Å²) in [7, 11) is 0. The van der Waals surface area contributed by atoms with Crippen molar-refractivity contribution in [2.24, 2.45) is 5.73 Å². The fourth-order valence-corrected chi connectivity index (χ4v) is 3.79. The molecule has 0 atom stereocenters. The zero-order valence-corrected chi connectivity index (χ0v) is 18.7. The lowest BCUT2D eigenvalue weighted by molar-refractivity contribution is -0.110. The molecule has 4 rings (SSSR count). The third-order valence-corrected chi connectivity index (χ3v) is 5.61. The van der Waals surface area contributed by atoms with Crippen LogP contribution in [-0.4, -0.2) is 18.4 Å². The number of nitrogens with two attached hydrogens (primary N) is 1. The molecule has 3 aromatic carbocycles. The van der Waals surface area contributed by atoms with Crippen LogP contribution in [0.3, 0.4) is 0 Å². The van der Waals surface area contributed by atoms with Gasteiger partial charge < -0.3 is 21.7 Å². The van der Waals surface area contributed by atoms with E-state index in [-0.39, 0.29) is 11.8 Å². The van der Waals surface area contributed by atoms with Crippen LogP contribution in [0.4, 0.5) is 11.4 Å². The topological polar surface area (TPSA) is 96.2 Å². The van der Waals surface area contributed by atoms with Gasteiger partial charge in [0.25, 0.3) is 11.8 Å². The summed E-state index contributed by atoms with van der Waals surface area (Å²) in [4.78, 5) is 25.7. The van der Waals surface area contributed by atoms with Gasteiger partial charge in [0, 0.05) is 35.6 Å². The van der Waals surface area contributed by atoms with E-state index in [0.29, 0.717) is 41.2 Å². The Morgan fingerprint density at radius 3 is 2.42 bits per heavy atom. The Balaban J connectivity index is 1.78. The van der Waals surface area contributed by atoms with Crippen LogP contribution in [0.1, 0.15) is 46.8 Å². The highest BCUT2D eigenvalue weighted by molar-refractivity contribution is 6.37. The maximum atomic E-state index is 13.1. The summed E-state index contributed by atoms with van der Waals surface area (Å²) < 4.78 is 0. The molecule has 2 amide bonds. The number of anilines is 2. The van der Waals surface area contributed by atoms with Gasteiger partial charge in [0.2, 0.25) is 0 Å². The highest BCUT2D eigenvalue weighted by atomic mass is 16.2. The maximum absolute atomic E-state index is 13.1. The lowest BCUT2D eigenvalue weighted by atomic mass is 9.98. The largest absolute Gasteiger partial charge is 0.354 e. The maximum Gasteiger partial charge on any atom is 0.258 e. The van der Waals surface area contributed by atoms with E-state index in [1.807, 2.05) is 54.6 Å². The first-order valence-electron chi connectivity index (χ1n) is 11.2. The molecule has 1 aliphatic heterocycles. The highest BCUT2D eigenvalue weighted by Gasteiger charge is 2.29. The van der Waals surface area contributed by atoms with Crippen molar-refractivity contribution in [2.75, 3.05) is 17.2 Å². The number of fused-ring (bicyclic) bond motifs is 1. The molecule has 0 aromatic heterocycles. The number of rotatable bonds is 8. The van der Waals surface area contributed by atoms with Crippen LogP contribution in [0.2, 0.25) is 0 Å². The van der Waals surface area contributed by atoms with Gasteiger partial charge in [-0.3, -0.25) is 9.59 Å². The van der Waals surface area contributed by atoms with Gasteiger partial charge in [-0.1, -0.05) is 55.8 Å². The number of hydrogen-bond acceptors (Lipinski definition) is 4. The predicted octanol–water partition coefficient (Wildman–Crippen LogP) is 4.61. The fourth-order valence-electron chi connectivity index (χ4n) is 3.79. The molecule has 1 aliphatic rings. The van der Waals surface area contributed by atoms with Crippen LogP contribution in [0, 0.1) is 0 Å². The first-order valence-corrected chi connectivity index (χ1v) is 11.2. The Labute approximate surface area is 193 Å². The summed E-state index contributed by atoms with van der Waals surface area (Å²) in [6.45, 7) is 3.17. The van der Waals surface area contributed by atoms with Gasteiger partial charge in [0.05, 0.1) is 11.3 Å². The van der Waals surface area contributed by atoms with Gasteiger partial charge in [-0.05, 0) is 47.9 Å². The van der Waals surface area contributed by atoms with Gasteiger partial charge >= 0.3 is 0 Å². The van der Waals surface area contributed by atoms with Crippen LogP contribution in [0.5, 0.6) is 0 Å². The van der Waals surface area contributed by atoms with Gasteiger partial charge in [-0.15, -0.1) is 0 Å². The van der Waals surface area contributed by atoms with E-state index >= 15 is 0 Å². The van der Waals surface area contributed by atoms with Crippen molar-refractivity contribution in [3.63, 3.8) is 0 Å². The molecule has 1 heterocycles. The molecule has 3 aromatic rings. The van der Waals surface area contributed by atoms with Gasteiger partial charge in [-0.25, -0.2) is 0 Å². The van der Waals surface area contributed by atoms with Gasteiger partial charge in [0.15, 0.2) is 0 Å². The van der Waals surface area contributed by atoms with Crippen molar-refractivity contribution in [2.45, 2.75) is 26.3 Å². The van der Waals surface area contributed by atoms with Crippen molar-refractivity contribution in [3.8, 4) is 0 Å². The molecule has 5 N–H and O–H groups in total. The van der Waals surface area contributed by atoms with E-state index in [1.54, 1.807) is 18.2 Å². The van der Waals surface area contributed by atoms with Gasteiger partial charge in [0.1, 0.15) is 0 Å². The average Bonchev–Trinajstić information content (AvgIpc) is 3.18. The Kier molecular flexibility index (Phi) is 6.86. The molecule has 0 spiro atoms. The summed E-state index contributed by atoms with van der Waals surface area (Å²) in [5.74, 6) is -0.352. The first-order chi connectivity index (χ1) is 16.1. The number of amides is 2. The molecular weight excluding hydrogens is 412 g/mol. The van der Waals surface area contributed by atoms with Crippen LogP contribution in [0.25, 0.3) is 11.3 Å². The molecule has 0 bridgehead atoms. The molecule has 0 fully saturated rings. The highest BCUT2D eigenvalue weighted by Crippen LogP contribution is 2.38. The standard InChI is InChI=1S/C27H28N4O2/c1-2-3-15-29-26(32)20-11-14-23-22(16-20)24(27(33)31-23)25(19-7-5-4-6-8-19)30-21-12-9-18(17-28)10-13-21/h4-14,16,30H,2-3,15,17,28H2,1H3,(H,29,32)(H,31,33). The number of hydrogen-bond donors (Lipinski definition) is 4. The van der Waals surface area contributed by atoms with Crippen LogP contribution in [-0.2, 0) is 11.3 Å².